The van der Waals surface area contributed by atoms with Gasteiger partial charge in [-0.05, 0) is 67.5 Å². The highest BCUT2D eigenvalue weighted by Crippen LogP contribution is 2.24. The number of ether oxygens (including phenoxy) is 1. The van der Waals surface area contributed by atoms with Crippen LogP contribution in [0.15, 0.2) is 46.6 Å². The van der Waals surface area contributed by atoms with Gasteiger partial charge in [0.15, 0.2) is 0 Å². The minimum atomic E-state index is 0.420. The van der Waals surface area contributed by atoms with E-state index in [-0.39, 0.29) is 0 Å². The largest absolute Gasteiger partial charge is 0.475 e. The molecule has 1 aliphatic carbocycles. The maximum Gasteiger partial charge on any atom is 0.208 e. The maximum absolute atomic E-state index is 5.97. The molecule has 2 aromatic carbocycles. The summed E-state index contributed by atoms with van der Waals surface area (Å²) in [5, 5.41) is 10.4. The van der Waals surface area contributed by atoms with Crippen molar-refractivity contribution in [3.05, 3.63) is 64.2 Å². The summed E-state index contributed by atoms with van der Waals surface area (Å²) in [5.74, 6) is 6.57. The molecule has 0 aromatic heterocycles. The van der Waals surface area contributed by atoms with Crippen molar-refractivity contribution in [3.8, 4) is 0 Å². The van der Waals surface area contributed by atoms with Gasteiger partial charge in [0.1, 0.15) is 6.61 Å². The van der Waals surface area contributed by atoms with Gasteiger partial charge in [0.25, 0.3) is 0 Å². The van der Waals surface area contributed by atoms with Crippen LogP contribution in [-0.2, 0) is 24.2 Å². The van der Waals surface area contributed by atoms with Gasteiger partial charge in [-0.25, -0.2) is 5.84 Å². The first-order valence-electron chi connectivity index (χ1n) is 9.92. The van der Waals surface area contributed by atoms with Crippen LogP contribution in [0.4, 0.5) is 5.69 Å². The van der Waals surface area contributed by atoms with Crippen LogP contribution in [0.3, 0.4) is 0 Å². The Morgan fingerprint density at radius 2 is 1.93 bits per heavy atom. The third kappa shape index (κ3) is 4.60. The topological polar surface area (TPSA) is 63.2 Å². The van der Waals surface area contributed by atoms with Crippen molar-refractivity contribution in [2.45, 2.75) is 53.1 Å². The summed E-state index contributed by atoms with van der Waals surface area (Å²) >= 11 is 0. The monoisotopic (exact) mass is 378 g/mol. The lowest BCUT2D eigenvalue weighted by atomic mass is 10.0. The molecule has 0 aliphatic heterocycles. The standard InChI is InChI=1S/C23H30N4O/c1-5-23(28-15-21-16(2)8-6-11-22(21)27(4)24)26-25-17(3)19-13-12-18-9-7-10-20(18)14-19/h6,8,11-14H,5,7,9-10,15,24H2,1-4H3. The summed E-state index contributed by atoms with van der Waals surface area (Å²) in [6.07, 6.45) is 4.29. The molecular weight excluding hydrogens is 348 g/mol. The molecule has 0 radical (unpaired) electrons. The summed E-state index contributed by atoms with van der Waals surface area (Å²) in [6.45, 7) is 6.50. The molecule has 0 spiro atoms. The van der Waals surface area contributed by atoms with E-state index in [1.807, 2.05) is 33.0 Å². The van der Waals surface area contributed by atoms with E-state index in [9.17, 15) is 0 Å². The molecule has 2 aromatic rings. The molecule has 0 unspecified atom stereocenters. The van der Waals surface area contributed by atoms with Gasteiger partial charge >= 0.3 is 0 Å². The van der Waals surface area contributed by atoms with Gasteiger partial charge in [-0.2, -0.15) is 5.10 Å². The number of hydrazine groups is 1. The van der Waals surface area contributed by atoms with Gasteiger partial charge in [-0.1, -0.05) is 31.2 Å². The average Bonchev–Trinajstić information content (AvgIpc) is 3.16. The minimum absolute atomic E-state index is 0.420. The molecule has 0 bridgehead atoms. The Bertz CT molecular complexity index is 899. The molecule has 148 valence electrons. The Balaban J connectivity index is 1.73. The van der Waals surface area contributed by atoms with Crippen LogP contribution in [0.1, 0.15) is 54.5 Å². The molecule has 0 atom stereocenters. The molecule has 5 heteroatoms. The molecule has 3 rings (SSSR count). The van der Waals surface area contributed by atoms with Gasteiger partial charge in [-0.15, -0.1) is 5.10 Å². The first-order valence-corrected chi connectivity index (χ1v) is 9.92. The fraction of sp³-hybridized carbons (Fsp3) is 0.391. The Kier molecular flexibility index (Phi) is 6.47. The van der Waals surface area contributed by atoms with E-state index in [0.29, 0.717) is 18.9 Å². The Labute approximate surface area is 167 Å². The van der Waals surface area contributed by atoms with Gasteiger partial charge in [-0.3, -0.25) is 0 Å². The summed E-state index contributed by atoms with van der Waals surface area (Å²) in [4.78, 5) is 0. The molecule has 1 aliphatic rings. The van der Waals surface area contributed by atoms with E-state index in [2.05, 4.69) is 41.4 Å². The zero-order valence-corrected chi connectivity index (χ0v) is 17.3. The van der Waals surface area contributed by atoms with Crippen LogP contribution < -0.4 is 10.9 Å². The fourth-order valence-electron chi connectivity index (χ4n) is 3.55. The van der Waals surface area contributed by atoms with Crippen LogP contribution in [0, 0.1) is 6.92 Å². The van der Waals surface area contributed by atoms with Crippen LogP contribution in [-0.4, -0.2) is 18.7 Å². The fourth-order valence-corrected chi connectivity index (χ4v) is 3.55. The summed E-state index contributed by atoms with van der Waals surface area (Å²) in [7, 11) is 1.83. The zero-order chi connectivity index (χ0) is 20.1. The van der Waals surface area contributed by atoms with Crippen molar-refractivity contribution >= 4 is 17.3 Å². The summed E-state index contributed by atoms with van der Waals surface area (Å²) in [5.41, 5.74) is 8.11. The second-order valence-corrected chi connectivity index (χ2v) is 7.34. The molecule has 0 saturated carbocycles. The van der Waals surface area contributed by atoms with Crippen molar-refractivity contribution < 1.29 is 4.74 Å². The van der Waals surface area contributed by atoms with Crippen LogP contribution in [0.2, 0.25) is 0 Å². The number of hydrogen-bond donors (Lipinski definition) is 1. The molecule has 2 N–H and O–H groups in total. The van der Waals surface area contributed by atoms with Crippen molar-refractivity contribution in [1.29, 1.82) is 0 Å². The van der Waals surface area contributed by atoms with Crippen molar-refractivity contribution in [1.82, 2.24) is 0 Å². The van der Waals surface area contributed by atoms with Gasteiger partial charge in [0.05, 0.1) is 11.4 Å². The number of nitrogens with two attached hydrogens (primary N) is 1. The molecule has 28 heavy (non-hydrogen) atoms. The molecule has 0 amide bonds. The minimum Gasteiger partial charge on any atom is -0.475 e. The maximum atomic E-state index is 5.97. The third-order valence-electron chi connectivity index (χ3n) is 5.28. The first-order chi connectivity index (χ1) is 13.5. The molecular formula is C23H30N4O. The summed E-state index contributed by atoms with van der Waals surface area (Å²) in [6, 6.07) is 12.7. The van der Waals surface area contributed by atoms with Crippen molar-refractivity contribution in [3.63, 3.8) is 0 Å². The van der Waals surface area contributed by atoms with Gasteiger partial charge in [0.2, 0.25) is 5.90 Å². The Morgan fingerprint density at radius 3 is 2.68 bits per heavy atom. The lowest BCUT2D eigenvalue weighted by Gasteiger charge is -2.19. The third-order valence-corrected chi connectivity index (χ3v) is 5.28. The number of rotatable bonds is 6. The molecule has 0 heterocycles. The number of benzene rings is 2. The van der Waals surface area contributed by atoms with E-state index in [4.69, 9.17) is 10.6 Å². The lowest BCUT2D eigenvalue weighted by molar-refractivity contribution is 0.283. The number of aryl methyl sites for hydroxylation is 3. The van der Waals surface area contributed by atoms with E-state index in [1.54, 1.807) is 5.01 Å². The number of anilines is 1. The summed E-state index contributed by atoms with van der Waals surface area (Å²) < 4.78 is 5.97. The quantitative estimate of drug-likeness (QED) is 0.347. The van der Waals surface area contributed by atoms with Crippen molar-refractivity contribution in [2.24, 2.45) is 16.0 Å². The predicted octanol–water partition coefficient (Wildman–Crippen LogP) is 4.54. The molecule has 0 saturated heterocycles. The van der Waals surface area contributed by atoms with E-state index in [1.165, 1.54) is 24.0 Å². The number of hydrogen-bond acceptors (Lipinski definition) is 5. The predicted molar refractivity (Wildman–Crippen MR) is 117 cm³/mol. The molecule has 0 fully saturated rings. The van der Waals surface area contributed by atoms with E-state index < -0.39 is 0 Å². The van der Waals surface area contributed by atoms with E-state index in [0.717, 1.165) is 34.5 Å². The van der Waals surface area contributed by atoms with E-state index >= 15 is 0 Å². The van der Waals surface area contributed by atoms with Gasteiger partial charge < -0.3 is 9.75 Å². The zero-order valence-electron chi connectivity index (χ0n) is 17.3. The van der Waals surface area contributed by atoms with Crippen LogP contribution in [0.25, 0.3) is 0 Å². The van der Waals surface area contributed by atoms with Crippen LogP contribution in [0.5, 0.6) is 0 Å². The van der Waals surface area contributed by atoms with Crippen molar-refractivity contribution in [2.75, 3.05) is 12.1 Å². The Hall–Kier alpha value is -2.66. The lowest BCUT2D eigenvalue weighted by Crippen LogP contribution is -2.26. The Morgan fingerprint density at radius 1 is 1.14 bits per heavy atom. The van der Waals surface area contributed by atoms with Crippen LogP contribution >= 0.6 is 0 Å². The normalized spacial score (nSPS) is 14.2. The SMILES string of the molecule is CCC(=NN=C(C)c1ccc2c(c1)CCC2)OCc1c(C)cccc1N(C)N. The molecule has 5 nitrogen and oxygen atoms in total. The second kappa shape index (κ2) is 9.02. The highest BCUT2D eigenvalue weighted by molar-refractivity contribution is 5.99. The highest BCUT2D eigenvalue weighted by atomic mass is 16.5. The van der Waals surface area contributed by atoms with Gasteiger partial charge in [0, 0.05) is 19.0 Å². The second-order valence-electron chi connectivity index (χ2n) is 7.34. The number of fused-ring (bicyclic) bond motifs is 1. The number of nitrogens with zero attached hydrogens (tertiary/aromatic N) is 3. The first kappa shape index (κ1) is 20.1. The highest BCUT2D eigenvalue weighted by Gasteiger charge is 2.12. The average molecular weight is 379 g/mol. The smallest absolute Gasteiger partial charge is 0.208 e.